The molecule has 2 amide bonds. The third kappa shape index (κ3) is 2.52. The summed E-state index contributed by atoms with van der Waals surface area (Å²) in [6.07, 6.45) is 0. The molecule has 134 valence electrons. The smallest absolute Gasteiger partial charge is 0.277 e. The van der Waals surface area contributed by atoms with Gasteiger partial charge in [0.25, 0.3) is 17.5 Å². The van der Waals surface area contributed by atoms with Gasteiger partial charge in [-0.3, -0.25) is 19.7 Å². The zero-order chi connectivity index (χ0) is 19.1. The minimum absolute atomic E-state index is 0.134. The van der Waals surface area contributed by atoms with Gasteiger partial charge in [0.2, 0.25) is 0 Å². The second-order valence-corrected chi connectivity index (χ2v) is 5.99. The lowest BCUT2D eigenvalue weighted by Crippen LogP contribution is -2.40. The minimum Gasteiger partial charge on any atom is -0.494 e. The number of nitro benzene ring substituents is 1. The Hall–Kier alpha value is -3.74. The topological polar surface area (TPSA) is 89.8 Å². The summed E-state index contributed by atoms with van der Waals surface area (Å²) in [6.45, 7) is 2.37. The molecule has 7 heteroatoms. The number of benzene rings is 3. The fourth-order valence-electron chi connectivity index (χ4n) is 3.33. The molecule has 27 heavy (non-hydrogen) atoms. The molecule has 0 spiro atoms. The Kier molecular flexibility index (Phi) is 3.84. The monoisotopic (exact) mass is 362 g/mol. The molecule has 0 radical (unpaired) electrons. The van der Waals surface area contributed by atoms with Crippen molar-refractivity contribution in [3.8, 4) is 5.75 Å². The average molecular weight is 362 g/mol. The Morgan fingerprint density at radius 3 is 2.26 bits per heavy atom. The van der Waals surface area contributed by atoms with Gasteiger partial charge in [-0.2, -0.15) is 0 Å². The van der Waals surface area contributed by atoms with Gasteiger partial charge in [0.1, 0.15) is 5.75 Å². The van der Waals surface area contributed by atoms with Gasteiger partial charge in [-0.1, -0.05) is 6.07 Å². The van der Waals surface area contributed by atoms with E-state index < -0.39 is 16.7 Å². The molecule has 0 N–H and O–H groups in total. The number of carbonyl (C=O) groups excluding carboxylic acids is 2. The first kappa shape index (κ1) is 16.7. The molecule has 0 atom stereocenters. The van der Waals surface area contributed by atoms with Crippen molar-refractivity contribution in [2.24, 2.45) is 0 Å². The van der Waals surface area contributed by atoms with Crippen molar-refractivity contribution in [2.75, 3.05) is 11.5 Å². The number of imide groups is 1. The molecule has 0 unspecified atom stereocenters. The lowest BCUT2D eigenvalue weighted by Gasteiger charge is -2.27. The van der Waals surface area contributed by atoms with E-state index in [0.29, 0.717) is 23.4 Å². The maximum absolute atomic E-state index is 13.0. The minimum atomic E-state index is -0.517. The highest BCUT2D eigenvalue weighted by Gasteiger charge is 2.35. The van der Waals surface area contributed by atoms with Crippen LogP contribution in [-0.4, -0.2) is 23.3 Å². The van der Waals surface area contributed by atoms with Crippen LogP contribution < -0.4 is 9.64 Å². The molecule has 0 aromatic heterocycles. The van der Waals surface area contributed by atoms with Crippen LogP contribution in [0.3, 0.4) is 0 Å². The lowest BCUT2D eigenvalue weighted by molar-refractivity contribution is -0.383. The van der Waals surface area contributed by atoms with Crippen molar-refractivity contribution in [1.82, 2.24) is 0 Å². The first-order valence-electron chi connectivity index (χ1n) is 8.34. The van der Waals surface area contributed by atoms with Crippen molar-refractivity contribution in [3.63, 3.8) is 0 Å². The van der Waals surface area contributed by atoms with E-state index in [4.69, 9.17) is 4.74 Å². The van der Waals surface area contributed by atoms with Gasteiger partial charge < -0.3 is 4.74 Å². The molecule has 0 aliphatic carbocycles. The predicted molar refractivity (Wildman–Crippen MR) is 99.4 cm³/mol. The van der Waals surface area contributed by atoms with E-state index in [0.717, 1.165) is 4.90 Å². The molecule has 7 nitrogen and oxygen atoms in total. The number of carbonyl (C=O) groups is 2. The van der Waals surface area contributed by atoms with Gasteiger partial charge in [0.15, 0.2) is 0 Å². The van der Waals surface area contributed by atoms with Crippen LogP contribution in [-0.2, 0) is 0 Å². The fourth-order valence-corrected chi connectivity index (χ4v) is 3.33. The van der Waals surface area contributed by atoms with Crippen LogP contribution in [0.1, 0.15) is 27.6 Å². The van der Waals surface area contributed by atoms with Crippen LogP contribution >= 0.6 is 0 Å². The SMILES string of the molecule is CCOc1ccc(N2C(=O)c3cccc4c([N+](=O)[O-])ccc(c34)C2=O)cc1. The molecule has 3 aromatic carbocycles. The number of non-ortho nitro benzene ring substituents is 1. The highest BCUT2D eigenvalue weighted by atomic mass is 16.6. The number of hydrogen-bond donors (Lipinski definition) is 0. The summed E-state index contributed by atoms with van der Waals surface area (Å²) >= 11 is 0. The molecule has 0 saturated heterocycles. The number of ether oxygens (including phenoxy) is 1. The molecule has 1 heterocycles. The van der Waals surface area contributed by atoms with E-state index in [1.165, 1.54) is 12.1 Å². The number of amides is 2. The fraction of sp³-hybridized carbons (Fsp3) is 0.100. The largest absolute Gasteiger partial charge is 0.494 e. The van der Waals surface area contributed by atoms with Crippen molar-refractivity contribution in [2.45, 2.75) is 6.92 Å². The van der Waals surface area contributed by atoms with E-state index in [-0.39, 0.29) is 22.2 Å². The van der Waals surface area contributed by atoms with Gasteiger partial charge >= 0.3 is 0 Å². The summed E-state index contributed by atoms with van der Waals surface area (Å²) in [6, 6.07) is 14.1. The number of rotatable bonds is 4. The van der Waals surface area contributed by atoms with E-state index >= 15 is 0 Å². The van der Waals surface area contributed by atoms with E-state index in [2.05, 4.69) is 0 Å². The Labute approximate surface area is 153 Å². The van der Waals surface area contributed by atoms with Gasteiger partial charge in [-0.15, -0.1) is 0 Å². The number of anilines is 1. The van der Waals surface area contributed by atoms with Crippen molar-refractivity contribution in [1.29, 1.82) is 0 Å². The third-order valence-corrected chi connectivity index (χ3v) is 4.49. The van der Waals surface area contributed by atoms with Crippen LogP contribution in [0.25, 0.3) is 10.8 Å². The molecule has 4 rings (SSSR count). The van der Waals surface area contributed by atoms with Crippen LogP contribution in [0.4, 0.5) is 11.4 Å². The first-order valence-corrected chi connectivity index (χ1v) is 8.34. The summed E-state index contributed by atoms with van der Waals surface area (Å²) in [7, 11) is 0. The predicted octanol–water partition coefficient (Wildman–Crippen LogP) is 3.95. The second-order valence-electron chi connectivity index (χ2n) is 5.99. The first-order chi connectivity index (χ1) is 13.0. The summed E-state index contributed by atoms with van der Waals surface area (Å²) in [5.74, 6) is -0.387. The highest BCUT2D eigenvalue weighted by molar-refractivity contribution is 6.36. The Morgan fingerprint density at radius 2 is 1.63 bits per heavy atom. The van der Waals surface area contributed by atoms with Gasteiger partial charge in [0.05, 0.1) is 22.6 Å². The molecule has 0 bridgehead atoms. The molecule has 0 fully saturated rings. The van der Waals surface area contributed by atoms with E-state index in [1.54, 1.807) is 42.5 Å². The zero-order valence-corrected chi connectivity index (χ0v) is 14.3. The Bertz CT molecular complexity index is 1080. The summed E-state index contributed by atoms with van der Waals surface area (Å²) in [5, 5.41) is 11.9. The van der Waals surface area contributed by atoms with E-state index in [9.17, 15) is 19.7 Å². The summed E-state index contributed by atoms with van der Waals surface area (Å²) < 4.78 is 5.39. The summed E-state index contributed by atoms with van der Waals surface area (Å²) in [4.78, 5) is 37.9. The van der Waals surface area contributed by atoms with Crippen molar-refractivity contribution >= 4 is 34.0 Å². The number of nitrogens with zero attached hydrogens (tertiary/aromatic N) is 2. The van der Waals surface area contributed by atoms with Gasteiger partial charge in [-0.25, -0.2) is 4.90 Å². The standard InChI is InChI=1S/C20H14N2O5/c1-2-27-13-8-6-12(7-9-13)21-19(23)15-5-3-4-14-17(22(25)26)11-10-16(18(14)15)20(21)24/h3-11H,2H2,1H3. The maximum atomic E-state index is 13.0. The van der Waals surface area contributed by atoms with Crippen LogP contribution in [0.15, 0.2) is 54.6 Å². The van der Waals surface area contributed by atoms with Crippen molar-refractivity contribution < 1.29 is 19.2 Å². The summed E-state index contributed by atoms with van der Waals surface area (Å²) in [5.41, 5.74) is 0.805. The molecule has 0 saturated carbocycles. The quantitative estimate of drug-likeness (QED) is 0.398. The lowest BCUT2D eigenvalue weighted by atomic mass is 9.93. The molecule has 1 aliphatic rings. The van der Waals surface area contributed by atoms with Crippen LogP contribution in [0.2, 0.25) is 0 Å². The Morgan fingerprint density at radius 1 is 0.963 bits per heavy atom. The second kappa shape index (κ2) is 6.21. The molecular formula is C20H14N2O5. The molecule has 1 aliphatic heterocycles. The highest BCUT2D eigenvalue weighted by Crippen LogP contribution is 2.37. The molecule has 3 aromatic rings. The molecular weight excluding hydrogens is 348 g/mol. The van der Waals surface area contributed by atoms with Gasteiger partial charge in [-0.05, 0) is 49.4 Å². The Balaban J connectivity index is 1.88. The normalized spacial score (nSPS) is 13.1. The zero-order valence-electron chi connectivity index (χ0n) is 14.3. The average Bonchev–Trinajstić information content (AvgIpc) is 2.67. The maximum Gasteiger partial charge on any atom is 0.277 e. The third-order valence-electron chi connectivity index (χ3n) is 4.49. The number of nitro groups is 1. The van der Waals surface area contributed by atoms with Crippen molar-refractivity contribution in [3.05, 3.63) is 75.8 Å². The van der Waals surface area contributed by atoms with Crippen LogP contribution in [0, 0.1) is 10.1 Å². The van der Waals surface area contributed by atoms with E-state index in [1.807, 2.05) is 6.92 Å². The van der Waals surface area contributed by atoms with Crippen LogP contribution in [0.5, 0.6) is 5.75 Å². The number of hydrogen-bond acceptors (Lipinski definition) is 5. The van der Waals surface area contributed by atoms with Gasteiger partial charge in [0, 0.05) is 22.6 Å².